The Kier molecular flexibility index (Phi) is 6.61. The van der Waals surface area contributed by atoms with E-state index in [2.05, 4.69) is 15.2 Å². The van der Waals surface area contributed by atoms with Crippen molar-refractivity contribution < 1.29 is 14.6 Å². The zero-order chi connectivity index (χ0) is 16.7. The summed E-state index contributed by atoms with van der Waals surface area (Å²) in [6.07, 6.45) is 3.56. The standard InChI is InChI=1S/C16H26N4O3/c1-19(11-14(21)12-23-2)16(22)18-10-13-5-6-15(17-9-13)20-7-3-4-8-20/h5-6,9,14,21H,3-4,7-8,10-12H2,1-2H3,(H,18,22)/t14-/m1/s1. The minimum atomic E-state index is -0.683. The molecule has 7 heteroatoms. The highest BCUT2D eigenvalue weighted by atomic mass is 16.5. The summed E-state index contributed by atoms with van der Waals surface area (Å²) in [5.74, 6) is 0.998. The molecule has 7 nitrogen and oxygen atoms in total. The Morgan fingerprint density at radius 3 is 2.83 bits per heavy atom. The predicted molar refractivity (Wildman–Crippen MR) is 88.4 cm³/mol. The fourth-order valence-electron chi connectivity index (χ4n) is 2.61. The summed E-state index contributed by atoms with van der Waals surface area (Å²) in [7, 11) is 3.16. The van der Waals surface area contributed by atoms with E-state index >= 15 is 0 Å². The molecule has 0 unspecified atom stereocenters. The van der Waals surface area contributed by atoms with Gasteiger partial charge >= 0.3 is 6.03 Å². The van der Waals surface area contributed by atoms with Gasteiger partial charge in [0, 0.05) is 40.0 Å². The highest BCUT2D eigenvalue weighted by Gasteiger charge is 2.14. The van der Waals surface area contributed by atoms with Crippen LogP contribution in [0.5, 0.6) is 0 Å². The minimum Gasteiger partial charge on any atom is -0.389 e. The molecule has 2 heterocycles. The molecule has 0 spiro atoms. The Hall–Kier alpha value is -1.86. The maximum atomic E-state index is 12.0. The third-order valence-electron chi connectivity index (χ3n) is 3.87. The van der Waals surface area contributed by atoms with E-state index in [0.717, 1.165) is 24.5 Å². The first-order valence-corrected chi connectivity index (χ1v) is 7.96. The highest BCUT2D eigenvalue weighted by Crippen LogP contribution is 2.17. The second-order valence-electron chi connectivity index (χ2n) is 5.87. The van der Waals surface area contributed by atoms with Crippen molar-refractivity contribution in [3.63, 3.8) is 0 Å². The van der Waals surface area contributed by atoms with Gasteiger partial charge in [0.15, 0.2) is 0 Å². The van der Waals surface area contributed by atoms with Crippen LogP contribution < -0.4 is 10.2 Å². The fourth-order valence-corrected chi connectivity index (χ4v) is 2.61. The number of anilines is 1. The average Bonchev–Trinajstić information content (AvgIpc) is 3.07. The Morgan fingerprint density at radius 2 is 2.22 bits per heavy atom. The zero-order valence-corrected chi connectivity index (χ0v) is 13.9. The van der Waals surface area contributed by atoms with Gasteiger partial charge in [-0.3, -0.25) is 0 Å². The molecule has 0 bridgehead atoms. The molecule has 0 saturated carbocycles. The topological polar surface area (TPSA) is 77.9 Å². The number of aliphatic hydroxyl groups is 1. The summed E-state index contributed by atoms with van der Waals surface area (Å²) < 4.78 is 4.85. The maximum absolute atomic E-state index is 12.0. The van der Waals surface area contributed by atoms with Crippen LogP contribution in [0.2, 0.25) is 0 Å². The third kappa shape index (κ3) is 5.37. The van der Waals surface area contributed by atoms with Crippen molar-refractivity contribution in [2.45, 2.75) is 25.5 Å². The van der Waals surface area contributed by atoms with E-state index in [4.69, 9.17) is 4.74 Å². The van der Waals surface area contributed by atoms with E-state index in [0.29, 0.717) is 6.54 Å². The molecule has 1 saturated heterocycles. The van der Waals surface area contributed by atoms with Crippen molar-refractivity contribution in [2.75, 3.05) is 45.3 Å². The lowest BCUT2D eigenvalue weighted by Gasteiger charge is -2.21. The van der Waals surface area contributed by atoms with Gasteiger partial charge in [-0.05, 0) is 24.5 Å². The summed E-state index contributed by atoms with van der Waals surface area (Å²) in [6.45, 7) is 2.98. The normalized spacial score (nSPS) is 15.5. The molecule has 0 radical (unpaired) electrons. The van der Waals surface area contributed by atoms with Crippen LogP contribution >= 0.6 is 0 Å². The lowest BCUT2D eigenvalue weighted by Crippen LogP contribution is -2.42. The van der Waals surface area contributed by atoms with Crippen molar-refractivity contribution in [3.05, 3.63) is 23.9 Å². The van der Waals surface area contributed by atoms with Crippen molar-refractivity contribution in [1.29, 1.82) is 0 Å². The number of aliphatic hydroxyl groups excluding tert-OH is 1. The summed E-state index contributed by atoms with van der Waals surface area (Å²) in [5, 5.41) is 12.4. The third-order valence-corrected chi connectivity index (χ3v) is 3.87. The quantitative estimate of drug-likeness (QED) is 0.777. The fraction of sp³-hybridized carbons (Fsp3) is 0.625. The van der Waals surface area contributed by atoms with Crippen LogP contribution in [0.15, 0.2) is 18.3 Å². The molecule has 1 aromatic heterocycles. The lowest BCUT2D eigenvalue weighted by molar-refractivity contribution is 0.0489. The molecule has 2 rings (SSSR count). The van der Waals surface area contributed by atoms with E-state index in [-0.39, 0.29) is 19.2 Å². The van der Waals surface area contributed by atoms with Crippen LogP contribution in [0.3, 0.4) is 0 Å². The smallest absolute Gasteiger partial charge is 0.317 e. The number of carbonyl (C=O) groups excluding carboxylic acids is 1. The molecule has 1 atom stereocenters. The van der Waals surface area contributed by atoms with Crippen molar-refractivity contribution in [1.82, 2.24) is 15.2 Å². The van der Waals surface area contributed by atoms with Crippen LogP contribution in [0, 0.1) is 0 Å². The van der Waals surface area contributed by atoms with Gasteiger partial charge in [0.25, 0.3) is 0 Å². The number of methoxy groups -OCH3 is 1. The first-order chi connectivity index (χ1) is 11.1. The van der Waals surface area contributed by atoms with Gasteiger partial charge in [-0.25, -0.2) is 9.78 Å². The number of urea groups is 1. The average molecular weight is 322 g/mol. The van der Waals surface area contributed by atoms with Crippen molar-refractivity contribution in [3.8, 4) is 0 Å². The van der Waals surface area contributed by atoms with Crippen LogP contribution in [0.4, 0.5) is 10.6 Å². The van der Waals surface area contributed by atoms with Crippen LogP contribution in [0.25, 0.3) is 0 Å². The molecule has 1 aliphatic rings. The number of hydrogen-bond donors (Lipinski definition) is 2. The molecule has 1 fully saturated rings. The molecular weight excluding hydrogens is 296 g/mol. The second kappa shape index (κ2) is 8.69. The van der Waals surface area contributed by atoms with Crippen LogP contribution in [-0.4, -0.2) is 67.5 Å². The number of nitrogens with zero attached hydrogens (tertiary/aromatic N) is 3. The number of aromatic nitrogens is 1. The predicted octanol–water partition coefficient (Wildman–Crippen LogP) is 0.830. The number of hydrogen-bond acceptors (Lipinski definition) is 5. The second-order valence-corrected chi connectivity index (χ2v) is 5.87. The molecule has 0 aliphatic carbocycles. The molecule has 2 amide bonds. The molecule has 128 valence electrons. The number of likely N-dealkylation sites (N-methyl/N-ethyl adjacent to an activating group) is 1. The Bertz CT molecular complexity index is 489. The first-order valence-electron chi connectivity index (χ1n) is 7.96. The highest BCUT2D eigenvalue weighted by molar-refractivity contribution is 5.73. The van der Waals surface area contributed by atoms with Gasteiger partial charge in [-0.2, -0.15) is 0 Å². The van der Waals surface area contributed by atoms with Gasteiger partial charge in [0.1, 0.15) is 5.82 Å². The number of ether oxygens (including phenoxy) is 1. The van der Waals surface area contributed by atoms with Gasteiger partial charge in [0.05, 0.1) is 19.3 Å². The maximum Gasteiger partial charge on any atom is 0.317 e. The number of amides is 2. The Labute approximate surface area is 137 Å². The summed E-state index contributed by atoms with van der Waals surface area (Å²) in [6, 6.07) is 3.75. The zero-order valence-electron chi connectivity index (χ0n) is 13.9. The van der Waals surface area contributed by atoms with Gasteiger partial charge in [-0.1, -0.05) is 6.07 Å². The molecule has 23 heavy (non-hydrogen) atoms. The van der Waals surface area contributed by atoms with Crippen molar-refractivity contribution in [2.24, 2.45) is 0 Å². The number of nitrogens with one attached hydrogen (secondary N) is 1. The largest absolute Gasteiger partial charge is 0.389 e. The number of carbonyl (C=O) groups is 1. The van der Waals surface area contributed by atoms with E-state index in [1.165, 1.54) is 24.9 Å². The molecule has 1 aromatic rings. The van der Waals surface area contributed by atoms with Crippen molar-refractivity contribution >= 4 is 11.8 Å². The van der Waals surface area contributed by atoms with E-state index in [1.54, 1.807) is 13.2 Å². The number of pyridine rings is 1. The summed E-state index contributed by atoms with van der Waals surface area (Å²) in [4.78, 5) is 20.1. The van der Waals surface area contributed by atoms with Gasteiger partial charge < -0.3 is 25.0 Å². The molecule has 1 aliphatic heterocycles. The molecule has 0 aromatic carbocycles. The van der Waals surface area contributed by atoms with E-state index in [1.807, 2.05) is 12.1 Å². The summed E-state index contributed by atoms with van der Waals surface area (Å²) in [5.41, 5.74) is 0.951. The van der Waals surface area contributed by atoms with E-state index in [9.17, 15) is 9.90 Å². The first kappa shape index (κ1) is 17.5. The Morgan fingerprint density at radius 1 is 1.48 bits per heavy atom. The molecular formula is C16H26N4O3. The van der Waals surface area contributed by atoms with E-state index < -0.39 is 6.10 Å². The number of rotatable bonds is 7. The SMILES string of the molecule is COC[C@H](O)CN(C)C(=O)NCc1ccc(N2CCCC2)nc1. The minimum absolute atomic E-state index is 0.208. The van der Waals surface area contributed by atoms with Crippen LogP contribution in [0.1, 0.15) is 18.4 Å². The summed E-state index contributed by atoms with van der Waals surface area (Å²) >= 11 is 0. The van der Waals surface area contributed by atoms with Gasteiger partial charge in [-0.15, -0.1) is 0 Å². The Balaban J connectivity index is 1.77. The van der Waals surface area contributed by atoms with Crippen LogP contribution in [-0.2, 0) is 11.3 Å². The monoisotopic (exact) mass is 322 g/mol. The molecule has 2 N–H and O–H groups in total. The van der Waals surface area contributed by atoms with Gasteiger partial charge in [0.2, 0.25) is 0 Å². The lowest BCUT2D eigenvalue weighted by atomic mass is 10.3.